The van der Waals surface area contributed by atoms with Gasteiger partial charge in [-0.1, -0.05) is 24.6 Å². The fourth-order valence-electron chi connectivity index (χ4n) is 2.05. The first-order valence-electron chi connectivity index (χ1n) is 6.45. The lowest BCUT2D eigenvalue weighted by atomic mass is 10.1. The van der Waals surface area contributed by atoms with Crippen molar-refractivity contribution in [3.05, 3.63) is 52.9 Å². The van der Waals surface area contributed by atoms with Crippen LogP contribution < -0.4 is 5.32 Å². The first-order chi connectivity index (χ1) is 9.76. The van der Waals surface area contributed by atoms with E-state index in [1.165, 1.54) is 5.56 Å². The third kappa shape index (κ3) is 2.58. The van der Waals surface area contributed by atoms with Crippen molar-refractivity contribution in [1.29, 1.82) is 0 Å². The lowest BCUT2D eigenvalue weighted by molar-refractivity contribution is 0.926. The summed E-state index contributed by atoms with van der Waals surface area (Å²) in [6.45, 7) is 2.72. The zero-order valence-electron chi connectivity index (χ0n) is 11.0. The highest BCUT2D eigenvalue weighted by molar-refractivity contribution is 6.30. The number of pyridine rings is 2. The molecule has 0 atom stereocenters. The number of fused-ring (bicyclic) bond motifs is 1. The number of aromatic nitrogens is 4. The minimum Gasteiger partial charge on any atom is -0.347 e. The van der Waals surface area contributed by atoms with Crippen LogP contribution in [0.1, 0.15) is 18.2 Å². The van der Waals surface area contributed by atoms with E-state index in [9.17, 15) is 0 Å². The Morgan fingerprint density at radius 1 is 1.30 bits per heavy atom. The Kier molecular flexibility index (Phi) is 3.52. The van der Waals surface area contributed by atoms with E-state index in [1.807, 2.05) is 12.1 Å². The summed E-state index contributed by atoms with van der Waals surface area (Å²) in [6.07, 6.45) is 4.49. The van der Waals surface area contributed by atoms with Gasteiger partial charge in [0.2, 0.25) is 5.95 Å². The van der Waals surface area contributed by atoms with Gasteiger partial charge in [0.1, 0.15) is 0 Å². The molecule has 0 unspecified atom stereocenters. The molecule has 3 rings (SSSR count). The lowest BCUT2D eigenvalue weighted by Crippen LogP contribution is -2.06. The van der Waals surface area contributed by atoms with E-state index >= 15 is 0 Å². The van der Waals surface area contributed by atoms with E-state index in [4.69, 9.17) is 11.6 Å². The maximum Gasteiger partial charge on any atom is 0.243 e. The molecule has 0 bridgehead atoms. The number of nitrogens with one attached hydrogen (secondary N) is 1. The Labute approximate surface area is 121 Å². The van der Waals surface area contributed by atoms with Gasteiger partial charge in [-0.2, -0.15) is 4.98 Å². The highest BCUT2D eigenvalue weighted by Gasteiger charge is 2.05. The lowest BCUT2D eigenvalue weighted by Gasteiger charge is -2.06. The zero-order valence-corrected chi connectivity index (χ0v) is 11.8. The normalized spacial score (nSPS) is 10.9. The SMILES string of the molecule is CCc1cccnc1CNc1nc2ccc(Cl)cn2n1. The molecule has 0 aliphatic carbocycles. The van der Waals surface area contributed by atoms with E-state index in [2.05, 4.69) is 33.4 Å². The van der Waals surface area contributed by atoms with Crippen LogP contribution in [-0.2, 0) is 13.0 Å². The Hall–Kier alpha value is -2.14. The molecule has 6 heteroatoms. The van der Waals surface area contributed by atoms with Gasteiger partial charge in [0.05, 0.1) is 17.3 Å². The second kappa shape index (κ2) is 5.46. The van der Waals surface area contributed by atoms with Crippen LogP contribution in [0.5, 0.6) is 0 Å². The van der Waals surface area contributed by atoms with Crippen molar-refractivity contribution >= 4 is 23.2 Å². The van der Waals surface area contributed by atoms with Crippen LogP contribution in [0.3, 0.4) is 0 Å². The van der Waals surface area contributed by atoms with Crippen LogP contribution in [0.25, 0.3) is 5.65 Å². The summed E-state index contributed by atoms with van der Waals surface area (Å²) in [4.78, 5) is 8.77. The number of halogens is 1. The highest BCUT2D eigenvalue weighted by atomic mass is 35.5. The van der Waals surface area contributed by atoms with Crippen LogP contribution in [0.2, 0.25) is 5.02 Å². The molecule has 3 heterocycles. The fourth-order valence-corrected chi connectivity index (χ4v) is 2.20. The molecule has 0 aliphatic rings. The molecule has 0 fully saturated rings. The summed E-state index contributed by atoms with van der Waals surface area (Å²) >= 11 is 5.92. The maximum atomic E-state index is 5.92. The predicted molar refractivity (Wildman–Crippen MR) is 78.9 cm³/mol. The molecule has 102 valence electrons. The molecule has 0 saturated carbocycles. The summed E-state index contributed by atoms with van der Waals surface area (Å²) in [7, 11) is 0. The largest absolute Gasteiger partial charge is 0.347 e. The smallest absolute Gasteiger partial charge is 0.243 e. The molecule has 20 heavy (non-hydrogen) atoms. The molecule has 0 radical (unpaired) electrons. The van der Waals surface area contributed by atoms with Gasteiger partial charge in [0, 0.05) is 12.4 Å². The average Bonchev–Trinajstić information content (AvgIpc) is 2.87. The Morgan fingerprint density at radius 3 is 3.05 bits per heavy atom. The van der Waals surface area contributed by atoms with Crippen molar-refractivity contribution in [2.75, 3.05) is 5.32 Å². The number of hydrogen-bond acceptors (Lipinski definition) is 4. The van der Waals surface area contributed by atoms with Crippen molar-refractivity contribution in [1.82, 2.24) is 19.6 Å². The highest BCUT2D eigenvalue weighted by Crippen LogP contribution is 2.13. The molecule has 1 N–H and O–H groups in total. The molecule has 0 saturated heterocycles. The minimum atomic E-state index is 0.569. The molecule has 3 aromatic heterocycles. The second-order valence-electron chi connectivity index (χ2n) is 4.40. The molecule has 0 aromatic carbocycles. The van der Waals surface area contributed by atoms with Gasteiger partial charge in [-0.05, 0) is 30.2 Å². The van der Waals surface area contributed by atoms with Gasteiger partial charge in [-0.25, -0.2) is 4.52 Å². The van der Waals surface area contributed by atoms with Crippen molar-refractivity contribution in [3.8, 4) is 0 Å². The molecule has 5 nitrogen and oxygen atoms in total. The molecule has 0 amide bonds. The van der Waals surface area contributed by atoms with Crippen molar-refractivity contribution < 1.29 is 0 Å². The van der Waals surface area contributed by atoms with Crippen molar-refractivity contribution in [3.63, 3.8) is 0 Å². The van der Waals surface area contributed by atoms with Gasteiger partial charge in [0.25, 0.3) is 0 Å². The Bertz CT molecular complexity index is 737. The van der Waals surface area contributed by atoms with Gasteiger partial charge in [0.15, 0.2) is 5.65 Å². The zero-order chi connectivity index (χ0) is 13.9. The molecule has 0 aliphatic heterocycles. The average molecular weight is 288 g/mol. The minimum absolute atomic E-state index is 0.569. The molecular formula is C14H14ClN5. The number of anilines is 1. The quantitative estimate of drug-likeness (QED) is 0.801. The summed E-state index contributed by atoms with van der Waals surface area (Å²) in [5, 5.41) is 8.15. The van der Waals surface area contributed by atoms with Crippen LogP contribution >= 0.6 is 11.6 Å². The molecule has 0 spiro atoms. The summed E-state index contributed by atoms with van der Waals surface area (Å²) in [5.74, 6) is 0.569. The number of hydrogen-bond donors (Lipinski definition) is 1. The van der Waals surface area contributed by atoms with Crippen LogP contribution in [0.4, 0.5) is 5.95 Å². The van der Waals surface area contributed by atoms with Crippen LogP contribution in [0, 0.1) is 0 Å². The van der Waals surface area contributed by atoms with Crippen molar-refractivity contribution in [2.45, 2.75) is 19.9 Å². The first kappa shape index (κ1) is 12.9. The first-order valence-corrected chi connectivity index (χ1v) is 6.82. The van der Waals surface area contributed by atoms with E-state index in [-0.39, 0.29) is 0 Å². The topological polar surface area (TPSA) is 55.1 Å². The van der Waals surface area contributed by atoms with Crippen molar-refractivity contribution in [2.24, 2.45) is 0 Å². The summed E-state index contributed by atoms with van der Waals surface area (Å²) in [5.41, 5.74) is 3.01. The Morgan fingerprint density at radius 2 is 2.20 bits per heavy atom. The monoisotopic (exact) mass is 287 g/mol. The van der Waals surface area contributed by atoms with Crippen LogP contribution in [-0.4, -0.2) is 19.6 Å². The van der Waals surface area contributed by atoms with E-state index in [0.717, 1.165) is 17.8 Å². The van der Waals surface area contributed by atoms with Gasteiger partial charge >= 0.3 is 0 Å². The van der Waals surface area contributed by atoms with Gasteiger partial charge in [-0.3, -0.25) is 4.98 Å². The third-order valence-corrected chi connectivity index (χ3v) is 3.30. The predicted octanol–water partition coefficient (Wildman–Crippen LogP) is 2.95. The van der Waals surface area contributed by atoms with Gasteiger partial charge < -0.3 is 5.32 Å². The van der Waals surface area contributed by atoms with E-state index in [1.54, 1.807) is 23.0 Å². The second-order valence-corrected chi connectivity index (χ2v) is 4.84. The summed E-state index contributed by atoms with van der Waals surface area (Å²) in [6, 6.07) is 7.66. The van der Waals surface area contributed by atoms with Crippen LogP contribution in [0.15, 0.2) is 36.7 Å². The number of rotatable bonds is 4. The number of nitrogens with zero attached hydrogens (tertiary/aromatic N) is 4. The third-order valence-electron chi connectivity index (χ3n) is 3.07. The molecular weight excluding hydrogens is 274 g/mol. The van der Waals surface area contributed by atoms with E-state index in [0.29, 0.717) is 17.5 Å². The Balaban J connectivity index is 1.79. The van der Waals surface area contributed by atoms with Gasteiger partial charge in [-0.15, -0.1) is 5.10 Å². The number of aryl methyl sites for hydroxylation is 1. The van der Waals surface area contributed by atoms with E-state index < -0.39 is 0 Å². The maximum absolute atomic E-state index is 5.92. The fraction of sp³-hybridized carbons (Fsp3) is 0.214. The standard InChI is InChI=1S/C14H14ClN5/c1-2-10-4-3-7-16-12(10)8-17-14-18-13-6-5-11(15)9-20(13)19-14/h3-7,9H,2,8H2,1H3,(H,17,19). The summed E-state index contributed by atoms with van der Waals surface area (Å²) < 4.78 is 1.66. The molecule has 3 aromatic rings.